The Morgan fingerprint density at radius 2 is 2.27 bits per heavy atom. The molecule has 0 spiro atoms. The monoisotopic (exact) mass is 160 g/mol. The molecule has 0 fully saturated rings. The largest absolute Gasteiger partial charge is 0.436 e. The van der Waals surface area contributed by atoms with Gasteiger partial charge in [-0.15, -0.1) is 6.58 Å². The van der Waals surface area contributed by atoms with Gasteiger partial charge < -0.3 is 4.74 Å². The zero-order valence-corrected chi connectivity index (χ0v) is 6.54. The first-order valence-electron chi connectivity index (χ1n) is 3.32. The van der Waals surface area contributed by atoms with Crippen LogP contribution < -0.4 is 0 Å². The normalized spacial score (nSPS) is 9.18. The van der Waals surface area contributed by atoms with Crippen LogP contribution in [0.25, 0.3) is 0 Å². The van der Waals surface area contributed by atoms with Gasteiger partial charge in [0.05, 0.1) is 0 Å². The number of carbonyl (C=O) groups excluding carboxylic acids is 1. The first-order chi connectivity index (χ1) is 5.31. The van der Waals surface area contributed by atoms with Gasteiger partial charge >= 0.3 is 5.97 Å². The highest BCUT2D eigenvalue weighted by atomic mass is 17.2. The predicted octanol–water partition coefficient (Wildman–Crippen LogP) is 1.03. The average Bonchev–Trinajstić information content (AvgIpc) is 2.04. The molecular formula is C7H12O4. The lowest BCUT2D eigenvalue weighted by Gasteiger charge is -2.01. The zero-order chi connectivity index (χ0) is 8.53. The van der Waals surface area contributed by atoms with Gasteiger partial charge in [-0.05, 0) is 0 Å². The van der Waals surface area contributed by atoms with E-state index in [1.807, 2.05) is 0 Å². The minimum absolute atomic E-state index is 0.166. The maximum absolute atomic E-state index is 10.5. The van der Waals surface area contributed by atoms with Crippen LogP contribution >= 0.6 is 0 Å². The predicted molar refractivity (Wildman–Crippen MR) is 38.5 cm³/mol. The Bertz CT molecular complexity index is 122. The van der Waals surface area contributed by atoms with E-state index in [4.69, 9.17) is 0 Å². The molecule has 4 heteroatoms. The summed E-state index contributed by atoms with van der Waals surface area (Å²) in [5, 5.41) is 0. The van der Waals surface area contributed by atoms with E-state index in [1.54, 1.807) is 6.92 Å². The Kier molecular flexibility index (Phi) is 6.67. The molecule has 0 unspecified atom stereocenters. The molecule has 0 amide bonds. The summed E-state index contributed by atoms with van der Waals surface area (Å²) >= 11 is 0. The minimum Gasteiger partial charge on any atom is -0.436 e. The van der Waals surface area contributed by atoms with Crippen molar-refractivity contribution in [2.75, 3.05) is 13.4 Å². The van der Waals surface area contributed by atoms with Gasteiger partial charge in [0, 0.05) is 6.42 Å². The van der Waals surface area contributed by atoms with Gasteiger partial charge in [0.15, 0.2) is 0 Å². The van der Waals surface area contributed by atoms with Gasteiger partial charge in [0.2, 0.25) is 6.79 Å². The molecule has 0 bridgehead atoms. The fraction of sp³-hybridized carbons (Fsp3) is 0.571. The molecule has 0 rings (SSSR count). The van der Waals surface area contributed by atoms with E-state index in [1.165, 1.54) is 6.08 Å². The van der Waals surface area contributed by atoms with Crippen molar-refractivity contribution in [3.8, 4) is 0 Å². The number of rotatable bonds is 6. The third-order valence-corrected chi connectivity index (χ3v) is 0.826. The van der Waals surface area contributed by atoms with Crippen LogP contribution in [0.1, 0.15) is 13.3 Å². The lowest BCUT2D eigenvalue weighted by atomic mass is 10.5. The first kappa shape index (κ1) is 10.1. The molecule has 64 valence electrons. The van der Waals surface area contributed by atoms with E-state index in [0.717, 1.165) is 0 Å². The molecule has 4 nitrogen and oxygen atoms in total. The van der Waals surface area contributed by atoms with E-state index >= 15 is 0 Å². The van der Waals surface area contributed by atoms with Crippen molar-refractivity contribution in [2.24, 2.45) is 0 Å². The Morgan fingerprint density at radius 1 is 1.55 bits per heavy atom. The van der Waals surface area contributed by atoms with Crippen LogP contribution in [0.4, 0.5) is 0 Å². The second-order valence-electron chi connectivity index (χ2n) is 1.68. The highest BCUT2D eigenvalue weighted by molar-refractivity contribution is 5.68. The zero-order valence-electron chi connectivity index (χ0n) is 6.54. The van der Waals surface area contributed by atoms with Crippen molar-refractivity contribution in [1.82, 2.24) is 0 Å². The molecule has 0 radical (unpaired) electrons. The van der Waals surface area contributed by atoms with E-state index in [0.29, 0.717) is 6.42 Å². The molecule has 11 heavy (non-hydrogen) atoms. The minimum atomic E-state index is -0.313. The van der Waals surface area contributed by atoms with Gasteiger partial charge in [-0.3, -0.25) is 4.79 Å². The van der Waals surface area contributed by atoms with Gasteiger partial charge in [0.25, 0.3) is 0 Å². The molecule has 0 atom stereocenters. The highest BCUT2D eigenvalue weighted by Gasteiger charge is 1.96. The number of hydrogen-bond acceptors (Lipinski definition) is 4. The summed E-state index contributed by atoms with van der Waals surface area (Å²) in [4.78, 5) is 19.4. The lowest BCUT2D eigenvalue weighted by Crippen LogP contribution is -2.07. The van der Waals surface area contributed by atoms with Crippen molar-refractivity contribution in [3.05, 3.63) is 12.7 Å². The molecule has 0 saturated heterocycles. The number of esters is 1. The Morgan fingerprint density at radius 3 is 2.82 bits per heavy atom. The van der Waals surface area contributed by atoms with Crippen molar-refractivity contribution < 1.29 is 19.3 Å². The van der Waals surface area contributed by atoms with Gasteiger partial charge in [-0.2, -0.15) is 4.89 Å². The second-order valence-corrected chi connectivity index (χ2v) is 1.68. The molecule has 0 aliphatic heterocycles. The summed E-state index contributed by atoms with van der Waals surface area (Å²) in [7, 11) is 0. The van der Waals surface area contributed by atoms with Crippen LogP contribution in [0.15, 0.2) is 12.7 Å². The summed E-state index contributed by atoms with van der Waals surface area (Å²) in [5.74, 6) is -0.313. The smallest absolute Gasteiger partial charge is 0.307 e. The second kappa shape index (κ2) is 7.24. The topological polar surface area (TPSA) is 44.8 Å². The highest BCUT2D eigenvalue weighted by Crippen LogP contribution is 1.86. The molecule has 0 aromatic carbocycles. The van der Waals surface area contributed by atoms with E-state index in [-0.39, 0.29) is 19.4 Å². The fourth-order valence-corrected chi connectivity index (χ4v) is 0.322. The van der Waals surface area contributed by atoms with Crippen LogP contribution in [0.3, 0.4) is 0 Å². The molecule has 0 aromatic rings. The number of carbonyl (C=O) groups is 1. The third-order valence-electron chi connectivity index (χ3n) is 0.826. The van der Waals surface area contributed by atoms with Crippen molar-refractivity contribution >= 4 is 5.97 Å². The number of hydrogen-bond donors (Lipinski definition) is 0. The molecule has 0 N–H and O–H groups in total. The quantitative estimate of drug-likeness (QED) is 0.145. The van der Waals surface area contributed by atoms with E-state index in [2.05, 4.69) is 21.1 Å². The maximum atomic E-state index is 10.5. The van der Waals surface area contributed by atoms with Crippen molar-refractivity contribution in [2.45, 2.75) is 13.3 Å². The molecule has 0 aromatic heterocycles. The van der Waals surface area contributed by atoms with Crippen LogP contribution in [-0.2, 0) is 19.3 Å². The summed E-state index contributed by atoms with van der Waals surface area (Å²) < 4.78 is 4.52. The summed E-state index contributed by atoms with van der Waals surface area (Å²) in [6.07, 6.45) is 1.87. The Balaban J connectivity index is 3.01. The van der Waals surface area contributed by atoms with Gasteiger partial charge in [0.1, 0.15) is 6.61 Å². The Labute approximate surface area is 65.7 Å². The van der Waals surface area contributed by atoms with Crippen LogP contribution in [0.5, 0.6) is 0 Å². The van der Waals surface area contributed by atoms with E-state index in [9.17, 15) is 4.79 Å². The Hall–Kier alpha value is -0.870. The van der Waals surface area contributed by atoms with Crippen LogP contribution in [-0.4, -0.2) is 19.4 Å². The van der Waals surface area contributed by atoms with Crippen molar-refractivity contribution in [1.29, 1.82) is 0 Å². The fourth-order valence-electron chi connectivity index (χ4n) is 0.322. The molecule has 0 aliphatic rings. The SMILES string of the molecule is C=CCOOCOC(=O)CC. The van der Waals surface area contributed by atoms with Crippen LogP contribution in [0.2, 0.25) is 0 Å². The molecule has 0 aliphatic carbocycles. The van der Waals surface area contributed by atoms with Gasteiger partial charge in [-0.1, -0.05) is 13.0 Å². The summed E-state index contributed by atoms with van der Waals surface area (Å²) in [6, 6.07) is 0. The number of ether oxygens (including phenoxy) is 1. The molecule has 0 saturated carbocycles. The summed E-state index contributed by atoms with van der Waals surface area (Å²) in [6.45, 7) is 5.21. The molecule has 0 heterocycles. The first-order valence-corrected chi connectivity index (χ1v) is 3.32. The third kappa shape index (κ3) is 7.02. The maximum Gasteiger partial charge on any atom is 0.307 e. The van der Waals surface area contributed by atoms with Gasteiger partial charge in [-0.25, -0.2) is 4.89 Å². The van der Waals surface area contributed by atoms with E-state index < -0.39 is 0 Å². The van der Waals surface area contributed by atoms with Crippen molar-refractivity contribution in [3.63, 3.8) is 0 Å². The van der Waals surface area contributed by atoms with Crippen LogP contribution in [0, 0.1) is 0 Å². The standard InChI is InChI=1S/C7H12O4/c1-3-5-10-11-6-9-7(8)4-2/h3H,1,4-6H2,2H3. The lowest BCUT2D eigenvalue weighted by molar-refractivity contribution is -0.323. The summed E-state index contributed by atoms with van der Waals surface area (Å²) in [5.41, 5.74) is 0. The average molecular weight is 160 g/mol. The molecular weight excluding hydrogens is 148 g/mol.